The van der Waals surface area contributed by atoms with Gasteiger partial charge in [0.25, 0.3) is 0 Å². The topological polar surface area (TPSA) is 59.3 Å². The van der Waals surface area contributed by atoms with Gasteiger partial charge in [0.05, 0.1) is 17.8 Å². The van der Waals surface area contributed by atoms with Gasteiger partial charge in [0.1, 0.15) is 6.10 Å². The number of rotatable bonds is 1. The number of aromatic nitrogens is 1. The van der Waals surface area contributed by atoms with E-state index in [1.54, 1.807) is 6.07 Å². The highest BCUT2D eigenvalue weighted by Gasteiger charge is 2.29. The van der Waals surface area contributed by atoms with E-state index < -0.39 is 6.10 Å². The molecular weight excluding hydrogens is 158 g/mol. The molecule has 1 N–H and O–H groups in total. The lowest BCUT2D eigenvalue weighted by Crippen LogP contribution is -2.07. The van der Waals surface area contributed by atoms with Crippen molar-refractivity contribution in [2.75, 3.05) is 0 Å². The average Bonchev–Trinajstić information content (AvgIpc) is 2.55. The van der Waals surface area contributed by atoms with Crippen molar-refractivity contribution in [3.05, 3.63) is 23.5 Å². The monoisotopic (exact) mass is 165 g/mol. The number of carbonyl (C=O) groups excluding carboxylic acids is 2. The summed E-state index contributed by atoms with van der Waals surface area (Å²) in [5, 5.41) is 9.30. The first-order valence-corrected chi connectivity index (χ1v) is 3.62. The minimum atomic E-state index is -0.744. The van der Waals surface area contributed by atoms with Crippen LogP contribution >= 0.6 is 0 Å². The molecule has 1 aromatic heterocycles. The zero-order valence-corrected chi connectivity index (χ0v) is 6.23. The Kier molecular flexibility index (Phi) is 1.38. The maximum absolute atomic E-state index is 11.2. The first kappa shape index (κ1) is 7.24. The molecule has 0 aliphatic carbocycles. The van der Waals surface area contributed by atoms with E-state index in [2.05, 4.69) is 0 Å². The van der Waals surface area contributed by atoms with E-state index in [-0.39, 0.29) is 12.3 Å². The minimum Gasteiger partial charge on any atom is -0.386 e. The lowest BCUT2D eigenvalue weighted by molar-refractivity contribution is 0.0871. The van der Waals surface area contributed by atoms with Gasteiger partial charge in [0.15, 0.2) is 6.29 Å². The summed E-state index contributed by atoms with van der Waals surface area (Å²) in [5.41, 5.74) is 0.827. The molecule has 0 aromatic carbocycles. The zero-order chi connectivity index (χ0) is 8.72. The Bertz CT molecular complexity index is 353. The second-order valence-corrected chi connectivity index (χ2v) is 2.75. The number of aliphatic hydroxyl groups excluding tert-OH is 1. The molecule has 0 amide bonds. The summed E-state index contributed by atoms with van der Waals surface area (Å²) in [6.07, 6.45) is -0.0533. The molecule has 4 nitrogen and oxygen atoms in total. The fraction of sp³-hybridized carbons (Fsp3) is 0.250. The molecule has 12 heavy (non-hydrogen) atoms. The Morgan fingerprint density at radius 1 is 1.58 bits per heavy atom. The standard InChI is InChI=1S/C8H7NO3/c10-4-5-1-2-6-7(11)3-8(12)9(5)6/h1-2,4,7,11H,3H2. The fourth-order valence-electron chi connectivity index (χ4n) is 1.47. The van der Waals surface area contributed by atoms with E-state index >= 15 is 0 Å². The third kappa shape index (κ3) is 0.753. The number of carbonyl (C=O) groups is 2. The smallest absolute Gasteiger partial charge is 0.234 e. The summed E-state index contributed by atoms with van der Waals surface area (Å²) in [4.78, 5) is 21.6. The minimum absolute atomic E-state index is 0.0804. The summed E-state index contributed by atoms with van der Waals surface area (Å²) in [6, 6.07) is 3.13. The lowest BCUT2D eigenvalue weighted by Gasteiger charge is -1.96. The summed E-state index contributed by atoms with van der Waals surface area (Å²) >= 11 is 0. The largest absolute Gasteiger partial charge is 0.386 e. The summed E-state index contributed by atoms with van der Waals surface area (Å²) in [6.45, 7) is 0. The van der Waals surface area contributed by atoms with Crippen molar-refractivity contribution in [2.45, 2.75) is 12.5 Å². The highest BCUT2D eigenvalue weighted by Crippen LogP contribution is 2.27. The molecule has 0 fully saturated rings. The summed E-state index contributed by atoms with van der Waals surface area (Å²) in [7, 11) is 0. The van der Waals surface area contributed by atoms with Crippen LogP contribution in [0.1, 0.15) is 33.5 Å². The maximum Gasteiger partial charge on any atom is 0.234 e. The lowest BCUT2D eigenvalue weighted by atomic mass is 10.2. The van der Waals surface area contributed by atoms with Crippen LogP contribution in [0.25, 0.3) is 0 Å². The van der Waals surface area contributed by atoms with Crippen molar-refractivity contribution in [3.8, 4) is 0 Å². The number of aliphatic hydroxyl groups is 1. The van der Waals surface area contributed by atoms with Gasteiger partial charge < -0.3 is 5.11 Å². The molecule has 0 spiro atoms. The van der Waals surface area contributed by atoms with Crippen LogP contribution in [-0.4, -0.2) is 21.9 Å². The Labute approximate surface area is 68.4 Å². The highest BCUT2D eigenvalue weighted by atomic mass is 16.3. The molecule has 2 rings (SSSR count). The van der Waals surface area contributed by atoms with E-state index in [1.807, 2.05) is 0 Å². The van der Waals surface area contributed by atoms with Crippen LogP contribution in [-0.2, 0) is 0 Å². The SMILES string of the molecule is O=Cc1ccc2n1C(=O)CC2O. The number of nitrogens with zero attached hydrogens (tertiary/aromatic N) is 1. The van der Waals surface area contributed by atoms with Gasteiger partial charge in [-0.15, -0.1) is 0 Å². The molecule has 0 radical (unpaired) electrons. The molecule has 2 heterocycles. The van der Waals surface area contributed by atoms with E-state index in [4.69, 9.17) is 0 Å². The molecule has 1 aliphatic rings. The van der Waals surface area contributed by atoms with Gasteiger partial charge in [-0.3, -0.25) is 14.2 Å². The van der Waals surface area contributed by atoms with Crippen molar-refractivity contribution in [2.24, 2.45) is 0 Å². The third-order valence-corrected chi connectivity index (χ3v) is 2.02. The third-order valence-electron chi connectivity index (χ3n) is 2.02. The van der Waals surface area contributed by atoms with Crippen LogP contribution in [0.15, 0.2) is 12.1 Å². The van der Waals surface area contributed by atoms with Crippen LogP contribution in [0.2, 0.25) is 0 Å². The van der Waals surface area contributed by atoms with Crippen LogP contribution < -0.4 is 0 Å². The summed E-state index contributed by atoms with van der Waals surface area (Å²) < 4.78 is 1.26. The van der Waals surface area contributed by atoms with Crippen molar-refractivity contribution >= 4 is 12.2 Å². The second kappa shape index (κ2) is 2.28. The number of hydrogen-bond acceptors (Lipinski definition) is 3. The predicted octanol–water partition coefficient (Wildman–Crippen LogP) is 0.378. The van der Waals surface area contributed by atoms with Crippen LogP contribution in [0, 0.1) is 0 Å². The maximum atomic E-state index is 11.2. The first-order valence-electron chi connectivity index (χ1n) is 3.62. The Morgan fingerprint density at radius 3 is 3.00 bits per heavy atom. The van der Waals surface area contributed by atoms with Gasteiger partial charge in [-0.25, -0.2) is 0 Å². The van der Waals surface area contributed by atoms with E-state index in [9.17, 15) is 14.7 Å². The fourth-order valence-corrected chi connectivity index (χ4v) is 1.47. The normalized spacial score (nSPS) is 21.1. The van der Waals surface area contributed by atoms with Gasteiger partial charge in [0, 0.05) is 0 Å². The Balaban J connectivity index is 2.62. The van der Waals surface area contributed by atoms with Crippen LogP contribution in [0.4, 0.5) is 0 Å². The molecule has 4 heteroatoms. The van der Waals surface area contributed by atoms with Crippen molar-refractivity contribution in [1.29, 1.82) is 0 Å². The van der Waals surface area contributed by atoms with E-state index in [0.717, 1.165) is 0 Å². The van der Waals surface area contributed by atoms with E-state index in [1.165, 1.54) is 10.6 Å². The Hall–Kier alpha value is -1.42. The highest BCUT2D eigenvalue weighted by molar-refractivity contribution is 5.90. The van der Waals surface area contributed by atoms with Gasteiger partial charge in [-0.2, -0.15) is 0 Å². The van der Waals surface area contributed by atoms with Crippen LogP contribution in [0.5, 0.6) is 0 Å². The molecule has 62 valence electrons. The van der Waals surface area contributed by atoms with Gasteiger partial charge in [-0.05, 0) is 12.1 Å². The van der Waals surface area contributed by atoms with Crippen molar-refractivity contribution in [3.63, 3.8) is 0 Å². The van der Waals surface area contributed by atoms with Gasteiger partial charge in [-0.1, -0.05) is 0 Å². The molecule has 0 saturated heterocycles. The molecule has 0 saturated carbocycles. The number of fused-ring (bicyclic) bond motifs is 1. The van der Waals surface area contributed by atoms with Crippen molar-refractivity contribution in [1.82, 2.24) is 4.57 Å². The van der Waals surface area contributed by atoms with Crippen LogP contribution in [0.3, 0.4) is 0 Å². The number of aldehydes is 1. The second-order valence-electron chi connectivity index (χ2n) is 2.75. The van der Waals surface area contributed by atoms with Crippen molar-refractivity contribution < 1.29 is 14.7 Å². The molecule has 0 bridgehead atoms. The molecule has 1 aliphatic heterocycles. The Morgan fingerprint density at radius 2 is 2.33 bits per heavy atom. The van der Waals surface area contributed by atoms with Gasteiger partial charge >= 0.3 is 0 Å². The first-order chi connectivity index (χ1) is 5.74. The quantitative estimate of drug-likeness (QED) is 0.612. The van der Waals surface area contributed by atoms with E-state index in [0.29, 0.717) is 17.7 Å². The van der Waals surface area contributed by atoms with Gasteiger partial charge in [0.2, 0.25) is 5.91 Å². The zero-order valence-electron chi connectivity index (χ0n) is 6.23. The number of hydrogen-bond donors (Lipinski definition) is 1. The summed E-state index contributed by atoms with van der Waals surface area (Å²) in [5.74, 6) is -0.218. The average molecular weight is 165 g/mol. The molecule has 1 unspecified atom stereocenters. The molecule has 1 aromatic rings. The predicted molar refractivity (Wildman–Crippen MR) is 40.0 cm³/mol. The molecule has 1 atom stereocenters. The molecular formula is C8H7NO3.